The maximum absolute atomic E-state index is 12.4. The Hall–Kier alpha value is -1.18. The molecule has 2 fully saturated rings. The van der Waals surface area contributed by atoms with Crippen molar-refractivity contribution in [2.45, 2.75) is 38.0 Å². The minimum atomic E-state index is -3.25. The molecule has 1 aliphatic carbocycles. The number of anilines is 1. The van der Waals surface area contributed by atoms with E-state index in [1.807, 2.05) is 19.1 Å². The van der Waals surface area contributed by atoms with Crippen LogP contribution in [0.2, 0.25) is 0 Å². The molecule has 0 radical (unpaired) electrons. The number of hydrogen-bond donors (Lipinski definition) is 1. The van der Waals surface area contributed by atoms with Crippen molar-refractivity contribution >= 4 is 15.8 Å². The molecule has 0 spiro atoms. The van der Waals surface area contributed by atoms with Gasteiger partial charge in [0.1, 0.15) is 5.82 Å². The van der Waals surface area contributed by atoms with Gasteiger partial charge >= 0.3 is 0 Å². The van der Waals surface area contributed by atoms with Crippen LogP contribution < -0.4 is 9.62 Å². The highest BCUT2D eigenvalue weighted by Gasteiger charge is 2.34. The van der Waals surface area contributed by atoms with Gasteiger partial charge in [0.2, 0.25) is 10.0 Å². The van der Waals surface area contributed by atoms with E-state index in [9.17, 15) is 8.42 Å². The zero-order valence-electron chi connectivity index (χ0n) is 13.6. The summed E-state index contributed by atoms with van der Waals surface area (Å²) in [5.41, 5.74) is 0.940. The molecule has 1 N–H and O–H groups in total. The smallest absolute Gasteiger partial charge is 0.215 e. The zero-order valence-corrected chi connectivity index (χ0v) is 14.4. The molecule has 2 atom stereocenters. The van der Waals surface area contributed by atoms with Gasteiger partial charge in [-0.3, -0.25) is 0 Å². The molecular weight excluding hydrogens is 314 g/mol. The van der Waals surface area contributed by atoms with E-state index in [4.69, 9.17) is 4.74 Å². The second kappa shape index (κ2) is 7.15. The Morgan fingerprint density at radius 3 is 2.83 bits per heavy atom. The van der Waals surface area contributed by atoms with Crippen molar-refractivity contribution < 1.29 is 13.2 Å². The lowest BCUT2D eigenvalue weighted by Gasteiger charge is -2.28. The summed E-state index contributed by atoms with van der Waals surface area (Å²) in [5.74, 6) is 1.13. The van der Waals surface area contributed by atoms with Crippen molar-refractivity contribution in [2.24, 2.45) is 5.92 Å². The Bertz CT molecular complexity index is 629. The summed E-state index contributed by atoms with van der Waals surface area (Å²) in [6.07, 6.45) is 4.52. The summed E-state index contributed by atoms with van der Waals surface area (Å²) in [6.45, 7) is 5.41. The van der Waals surface area contributed by atoms with Crippen molar-refractivity contribution in [1.82, 2.24) is 9.71 Å². The van der Waals surface area contributed by atoms with Crippen molar-refractivity contribution in [3.8, 4) is 0 Å². The van der Waals surface area contributed by atoms with Gasteiger partial charge in [-0.05, 0) is 36.5 Å². The van der Waals surface area contributed by atoms with Gasteiger partial charge in [-0.15, -0.1) is 0 Å². The first-order valence-electron chi connectivity index (χ1n) is 8.32. The number of ether oxygens (including phenoxy) is 1. The van der Waals surface area contributed by atoms with Gasteiger partial charge < -0.3 is 9.64 Å². The minimum absolute atomic E-state index is 0.244. The lowest BCUT2D eigenvalue weighted by Crippen LogP contribution is -2.37. The standard InChI is InChI=1S/C16H25N3O3S/c1-13-3-2-4-15(13)23(20,21)18-12-14-5-6-17-16(11-14)19-7-9-22-10-8-19/h5-6,11,13,15,18H,2-4,7-10,12H2,1H3. The van der Waals surface area contributed by atoms with Gasteiger partial charge in [-0.2, -0.15) is 0 Å². The van der Waals surface area contributed by atoms with E-state index in [2.05, 4.69) is 14.6 Å². The lowest BCUT2D eigenvalue weighted by atomic mass is 10.1. The molecule has 1 aromatic rings. The zero-order chi connectivity index (χ0) is 16.3. The normalized spacial score (nSPS) is 25.7. The average Bonchev–Trinajstić information content (AvgIpc) is 3.01. The Morgan fingerprint density at radius 2 is 2.13 bits per heavy atom. The molecular formula is C16H25N3O3S. The number of aromatic nitrogens is 1. The van der Waals surface area contributed by atoms with Gasteiger partial charge in [-0.1, -0.05) is 13.3 Å². The van der Waals surface area contributed by atoms with E-state index in [-0.39, 0.29) is 11.2 Å². The number of sulfonamides is 1. The van der Waals surface area contributed by atoms with E-state index in [0.717, 1.165) is 43.7 Å². The van der Waals surface area contributed by atoms with Crippen LogP contribution in [0.5, 0.6) is 0 Å². The highest BCUT2D eigenvalue weighted by atomic mass is 32.2. The first kappa shape index (κ1) is 16.7. The fourth-order valence-electron chi connectivity index (χ4n) is 3.40. The molecule has 0 amide bonds. The van der Waals surface area contributed by atoms with Crippen LogP contribution in [0.4, 0.5) is 5.82 Å². The third kappa shape index (κ3) is 4.02. The first-order valence-corrected chi connectivity index (χ1v) is 9.87. The van der Waals surface area contributed by atoms with Crippen molar-refractivity contribution in [3.63, 3.8) is 0 Å². The van der Waals surface area contributed by atoms with Gasteiger partial charge in [0.15, 0.2) is 0 Å². The van der Waals surface area contributed by atoms with E-state index >= 15 is 0 Å². The monoisotopic (exact) mass is 339 g/mol. The summed E-state index contributed by atoms with van der Waals surface area (Å²) >= 11 is 0. The van der Waals surface area contributed by atoms with Crippen LogP contribution in [0.15, 0.2) is 18.3 Å². The van der Waals surface area contributed by atoms with E-state index in [1.165, 1.54) is 0 Å². The summed E-state index contributed by atoms with van der Waals surface area (Å²) in [7, 11) is -3.25. The summed E-state index contributed by atoms with van der Waals surface area (Å²) in [6, 6.07) is 3.83. The predicted octanol–water partition coefficient (Wildman–Crippen LogP) is 1.53. The molecule has 3 rings (SSSR count). The molecule has 128 valence electrons. The van der Waals surface area contributed by atoms with Crippen molar-refractivity contribution in [3.05, 3.63) is 23.9 Å². The second-order valence-electron chi connectivity index (χ2n) is 6.43. The quantitative estimate of drug-likeness (QED) is 0.881. The number of nitrogens with zero attached hydrogens (tertiary/aromatic N) is 2. The van der Waals surface area contributed by atoms with Crippen LogP contribution in [0, 0.1) is 5.92 Å². The molecule has 2 heterocycles. The SMILES string of the molecule is CC1CCCC1S(=O)(=O)NCc1ccnc(N2CCOCC2)c1. The van der Waals surface area contributed by atoms with Gasteiger partial charge in [-0.25, -0.2) is 18.1 Å². The highest BCUT2D eigenvalue weighted by molar-refractivity contribution is 7.90. The minimum Gasteiger partial charge on any atom is -0.378 e. The number of rotatable bonds is 5. The Morgan fingerprint density at radius 1 is 1.35 bits per heavy atom. The maximum atomic E-state index is 12.4. The van der Waals surface area contributed by atoms with Crippen LogP contribution in [-0.4, -0.2) is 45.0 Å². The molecule has 6 nitrogen and oxygen atoms in total. The number of nitrogens with one attached hydrogen (secondary N) is 1. The fourth-order valence-corrected chi connectivity index (χ4v) is 5.21. The van der Waals surface area contributed by atoms with Crippen LogP contribution in [0.25, 0.3) is 0 Å². The van der Waals surface area contributed by atoms with Crippen molar-refractivity contribution in [2.75, 3.05) is 31.2 Å². The molecule has 0 aromatic carbocycles. The third-order valence-corrected chi connectivity index (χ3v) is 6.85. The van der Waals surface area contributed by atoms with E-state index in [0.29, 0.717) is 19.8 Å². The number of morpholine rings is 1. The topological polar surface area (TPSA) is 71.5 Å². The summed E-state index contributed by atoms with van der Waals surface area (Å²) < 4.78 is 33.0. The summed E-state index contributed by atoms with van der Waals surface area (Å²) in [5, 5.41) is -0.247. The van der Waals surface area contributed by atoms with Crippen LogP contribution in [0.3, 0.4) is 0 Å². The maximum Gasteiger partial charge on any atom is 0.215 e. The lowest BCUT2D eigenvalue weighted by molar-refractivity contribution is 0.122. The molecule has 7 heteroatoms. The Labute approximate surface area is 138 Å². The largest absolute Gasteiger partial charge is 0.378 e. The molecule has 1 aliphatic heterocycles. The first-order chi connectivity index (χ1) is 11.1. The summed E-state index contributed by atoms with van der Waals surface area (Å²) in [4.78, 5) is 6.56. The van der Waals surface area contributed by atoms with Crippen LogP contribution >= 0.6 is 0 Å². The molecule has 1 saturated heterocycles. The number of pyridine rings is 1. The average molecular weight is 339 g/mol. The van der Waals surface area contributed by atoms with Gasteiger partial charge in [0.25, 0.3) is 0 Å². The molecule has 0 bridgehead atoms. The fraction of sp³-hybridized carbons (Fsp3) is 0.688. The molecule has 1 aromatic heterocycles. The molecule has 2 aliphatic rings. The predicted molar refractivity (Wildman–Crippen MR) is 89.8 cm³/mol. The molecule has 1 saturated carbocycles. The Balaban J connectivity index is 1.64. The van der Waals surface area contributed by atoms with Crippen molar-refractivity contribution in [1.29, 1.82) is 0 Å². The third-order valence-electron chi connectivity index (χ3n) is 4.80. The van der Waals surface area contributed by atoms with E-state index in [1.54, 1.807) is 6.20 Å². The van der Waals surface area contributed by atoms with Gasteiger partial charge in [0, 0.05) is 25.8 Å². The second-order valence-corrected chi connectivity index (χ2v) is 8.42. The van der Waals surface area contributed by atoms with E-state index < -0.39 is 10.0 Å². The molecule has 23 heavy (non-hydrogen) atoms. The number of hydrogen-bond acceptors (Lipinski definition) is 5. The molecule has 2 unspecified atom stereocenters. The van der Waals surface area contributed by atoms with Crippen LogP contribution in [0.1, 0.15) is 31.7 Å². The van der Waals surface area contributed by atoms with Crippen LogP contribution in [-0.2, 0) is 21.3 Å². The van der Waals surface area contributed by atoms with Gasteiger partial charge in [0.05, 0.1) is 18.5 Å². The highest BCUT2D eigenvalue weighted by Crippen LogP contribution is 2.30. The Kier molecular flexibility index (Phi) is 5.18.